The zero-order valence-electron chi connectivity index (χ0n) is 11.4. The summed E-state index contributed by atoms with van der Waals surface area (Å²) in [5.41, 5.74) is 2.28. The summed E-state index contributed by atoms with van der Waals surface area (Å²) < 4.78 is 5.34. The molecule has 1 aromatic rings. The summed E-state index contributed by atoms with van der Waals surface area (Å²) in [6, 6.07) is 5.44. The monoisotopic (exact) mass is 274 g/mol. The van der Waals surface area contributed by atoms with Gasteiger partial charge >= 0.3 is 0 Å². The van der Waals surface area contributed by atoms with Gasteiger partial charge in [0.1, 0.15) is 0 Å². The van der Waals surface area contributed by atoms with Crippen molar-refractivity contribution in [3.63, 3.8) is 0 Å². The van der Waals surface area contributed by atoms with Crippen molar-refractivity contribution in [1.29, 1.82) is 0 Å². The van der Waals surface area contributed by atoms with Crippen LogP contribution in [0.25, 0.3) is 0 Å². The Kier molecular flexibility index (Phi) is 3.44. The van der Waals surface area contributed by atoms with Gasteiger partial charge in [-0.3, -0.25) is 9.59 Å². The number of hydrogen-bond acceptors (Lipinski definition) is 3. The SMILES string of the molecule is CC(NC(=O)c1ccc2c(c1)NC(=O)C2)C1CCOC1. The number of amides is 2. The highest BCUT2D eigenvalue weighted by atomic mass is 16.5. The molecule has 0 aromatic heterocycles. The number of nitrogens with one attached hydrogen (secondary N) is 2. The minimum absolute atomic E-state index is 0.0194. The Bertz CT molecular complexity index is 550. The summed E-state index contributed by atoms with van der Waals surface area (Å²) in [5.74, 6) is 0.260. The van der Waals surface area contributed by atoms with Crippen LogP contribution in [0.1, 0.15) is 29.3 Å². The Morgan fingerprint density at radius 2 is 2.35 bits per heavy atom. The predicted octanol–water partition coefficient (Wildman–Crippen LogP) is 1.34. The molecule has 0 saturated carbocycles. The maximum atomic E-state index is 12.2. The van der Waals surface area contributed by atoms with Gasteiger partial charge < -0.3 is 15.4 Å². The van der Waals surface area contributed by atoms with Crippen molar-refractivity contribution < 1.29 is 14.3 Å². The zero-order chi connectivity index (χ0) is 14.1. The molecule has 2 N–H and O–H groups in total. The van der Waals surface area contributed by atoms with E-state index in [-0.39, 0.29) is 17.9 Å². The van der Waals surface area contributed by atoms with Crippen molar-refractivity contribution in [2.24, 2.45) is 5.92 Å². The van der Waals surface area contributed by atoms with Crippen molar-refractivity contribution in [2.75, 3.05) is 18.5 Å². The van der Waals surface area contributed by atoms with E-state index in [0.717, 1.165) is 24.3 Å². The molecule has 106 valence electrons. The standard InChI is InChI=1S/C15H18N2O3/c1-9(12-4-5-20-8-12)16-15(19)11-3-2-10-7-14(18)17-13(10)6-11/h2-3,6,9,12H,4-5,7-8H2,1H3,(H,16,19)(H,17,18). The number of rotatable bonds is 3. The molecule has 0 aliphatic carbocycles. The number of carbonyl (C=O) groups excluding carboxylic acids is 2. The number of hydrogen-bond donors (Lipinski definition) is 2. The second kappa shape index (κ2) is 5.25. The number of ether oxygens (including phenoxy) is 1. The normalized spacial score (nSPS) is 22.2. The van der Waals surface area contributed by atoms with Gasteiger partial charge in [-0.1, -0.05) is 6.07 Å². The smallest absolute Gasteiger partial charge is 0.251 e. The van der Waals surface area contributed by atoms with Gasteiger partial charge in [-0.05, 0) is 31.0 Å². The lowest BCUT2D eigenvalue weighted by Crippen LogP contribution is -2.38. The molecular formula is C15H18N2O3. The molecule has 2 aliphatic rings. The lowest BCUT2D eigenvalue weighted by molar-refractivity contribution is -0.115. The molecule has 2 atom stereocenters. The van der Waals surface area contributed by atoms with Gasteiger partial charge in [0.2, 0.25) is 5.91 Å². The van der Waals surface area contributed by atoms with Crippen LogP contribution in [0.15, 0.2) is 18.2 Å². The number of benzene rings is 1. The average molecular weight is 274 g/mol. The second-order valence-electron chi connectivity index (χ2n) is 5.48. The molecule has 0 radical (unpaired) electrons. The van der Waals surface area contributed by atoms with Crippen LogP contribution in [0.4, 0.5) is 5.69 Å². The van der Waals surface area contributed by atoms with Crippen molar-refractivity contribution >= 4 is 17.5 Å². The van der Waals surface area contributed by atoms with E-state index in [9.17, 15) is 9.59 Å². The van der Waals surface area contributed by atoms with Gasteiger partial charge in [0.05, 0.1) is 13.0 Å². The molecule has 0 spiro atoms. The average Bonchev–Trinajstić information content (AvgIpc) is 3.05. The molecule has 2 amide bonds. The first-order valence-electron chi connectivity index (χ1n) is 6.95. The molecule has 2 unspecified atom stereocenters. The van der Waals surface area contributed by atoms with Crippen molar-refractivity contribution in [3.05, 3.63) is 29.3 Å². The molecule has 1 fully saturated rings. The van der Waals surface area contributed by atoms with Gasteiger partial charge in [0.15, 0.2) is 0 Å². The molecular weight excluding hydrogens is 256 g/mol. The summed E-state index contributed by atoms with van der Waals surface area (Å²) in [7, 11) is 0. The van der Waals surface area contributed by atoms with E-state index in [0.29, 0.717) is 24.5 Å². The van der Waals surface area contributed by atoms with Crippen LogP contribution in [0.5, 0.6) is 0 Å². The van der Waals surface area contributed by atoms with Crippen LogP contribution in [0.2, 0.25) is 0 Å². The highest BCUT2D eigenvalue weighted by molar-refractivity contribution is 6.02. The van der Waals surface area contributed by atoms with Crippen LogP contribution in [-0.4, -0.2) is 31.1 Å². The lowest BCUT2D eigenvalue weighted by atomic mass is 10.00. The number of carbonyl (C=O) groups is 2. The summed E-state index contributed by atoms with van der Waals surface area (Å²) in [4.78, 5) is 23.5. The fourth-order valence-corrected chi connectivity index (χ4v) is 2.71. The molecule has 3 rings (SSSR count). The quantitative estimate of drug-likeness (QED) is 0.874. The minimum atomic E-state index is -0.103. The van der Waals surface area contributed by atoms with Gasteiger partial charge in [0, 0.05) is 29.8 Å². The second-order valence-corrected chi connectivity index (χ2v) is 5.48. The lowest BCUT2D eigenvalue weighted by Gasteiger charge is -2.19. The predicted molar refractivity (Wildman–Crippen MR) is 74.6 cm³/mol. The van der Waals surface area contributed by atoms with E-state index in [4.69, 9.17) is 4.74 Å². The first-order chi connectivity index (χ1) is 9.63. The first-order valence-corrected chi connectivity index (χ1v) is 6.95. The van der Waals surface area contributed by atoms with Crippen LogP contribution in [0, 0.1) is 5.92 Å². The van der Waals surface area contributed by atoms with E-state index in [2.05, 4.69) is 10.6 Å². The van der Waals surface area contributed by atoms with E-state index in [1.807, 2.05) is 13.0 Å². The third kappa shape index (κ3) is 2.54. The van der Waals surface area contributed by atoms with E-state index in [1.165, 1.54) is 0 Å². The van der Waals surface area contributed by atoms with E-state index in [1.54, 1.807) is 12.1 Å². The fourth-order valence-electron chi connectivity index (χ4n) is 2.71. The minimum Gasteiger partial charge on any atom is -0.381 e. The largest absolute Gasteiger partial charge is 0.381 e. The number of anilines is 1. The Morgan fingerprint density at radius 1 is 1.50 bits per heavy atom. The molecule has 2 heterocycles. The summed E-state index contributed by atoms with van der Waals surface area (Å²) >= 11 is 0. The number of fused-ring (bicyclic) bond motifs is 1. The van der Waals surface area contributed by atoms with Gasteiger partial charge in [0.25, 0.3) is 5.91 Å². The molecule has 5 nitrogen and oxygen atoms in total. The molecule has 5 heteroatoms. The highest BCUT2D eigenvalue weighted by Crippen LogP contribution is 2.24. The molecule has 2 aliphatic heterocycles. The highest BCUT2D eigenvalue weighted by Gasteiger charge is 2.24. The first kappa shape index (κ1) is 13.1. The van der Waals surface area contributed by atoms with Gasteiger partial charge in [-0.15, -0.1) is 0 Å². The Labute approximate surface area is 117 Å². The maximum absolute atomic E-state index is 12.2. The molecule has 1 saturated heterocycles. The summed E-state index contributed by atoms with van der Waals surface area (Å²) in [5, 5.41) is 5.77. The van der Waals surface area contributed by atoms with Crippen LogP contribution < -0.4 is 10.6 Å². The van der Waals surface area contributed by atoms with Crippen molar-refractivity contribution in [2.45, 2.75) is 25.8 Å². The Balaban J connectivity index is 1.68. The summed E-state index contributed by atoms with van der Waals surface area (Å²) in [6.45, 7) is 3.49. The Morgan fingerprint density at radius 3 is 3.10 bits per heavy atom. The van der Waals surface area contributed by atoms with Crippen LogP contribution in [0.3, 0.4) is 0 Å². The molecule has 1 aromatic carbocycles. The maximum Gasteiger partial charge on any atom is 0.251 e. The van der Waals surface area contributed by atoms with Crippen molar-refractivity contribution in [3.8, 4) is 0 Å². The van der Waals surface area contributed by atoms with Crippen molar-refractivity contribution in [1.82, 2.24) is 5.32 Å². The third-order valence-electron chi connectivity index (χ3n) is 4.03. The molecule has 0 bridgehead atoms. The van der Waals surface area contributed by atoms with E-state index < -0.39 is 0 Å². The Hall–Kier alpha value is -1.88. The fraction of sp³-hybridized carbons (Fsp3) is 0.467. The van der Waals surface area contributed by atoms with Crippen LogP contribution in [-0.2, 0) is 16.0 Å². The van der Waals surface area contributed by atoms with Gasteiger partial charge in [-0.25, -0.2) is 0 Å². The van der Waals surface area contributed by atoms with Gasteiger partial charge in [-0.2, -0.15) is 0 Å². The zero-order valence-corrected chi connectivity index (χ0v) is 11.4. The summed E-state index contributed by atoms with van der Waals surface area (Å²) in [6.07, 6.45) is 1.38. The van der Waals surface area contributed by atoms with Crippen LogP contribution >= 0.6 is 0 Å². The van der Waals surface area contributed by atoms with E-state index >= 15 is 0 Å². The topological polar surface area (TPSA) is 67.4 Å². The molecule has 20 heavy (non-hydrogen) atoms. The third-order valence-corrected chi connectivity index (χ3v) is 4.03.